The molecule has 2 rings (SSSR count). The number of alkyl halides is 3. The van der Waals surface area contributed by atoms with Gasteiger partial charge in [-0.3, -0.25) is 9.59 Å². The first kappa shape index (κ1) is 19.7. The number of aromatic nitrogens is 1. The molecule has 0 bridgehead atoms. The summed E-state index contributed by atoms with van der Waals surface area (Å²) in [4.78, 5) is 27.5. The van der Waals surface area contributed by atoms with E-state index in [-0.39, 0.29) is 23.6 Å². The Morgan fingerprint density at radius 3 is 2.50 bits per heavy atom. The Bertz CT molecular complexity index is 795. The molecule has 3 N–H and O–H groups in total. The Morgan fingerprint density at radius 1 is 1.19 bits per heavy atom. The van der Waals surface area contributed by atoms with Crippen LogP contribution in [0.3, 0.4) is 0 Å². The third-order valence-corrected chi connectivity index (χ3v) is 3.75. The van der Waals surface area contributed by atoms with Gasteiger partial charge in [0.2, 0.25) is 11.8 Å². The minimum atomic E-state index is -4.50. The number of carbonyl (C=O) groups excluding carboxylic acids is 2. The fraction of sp³-hybridized carbons (Fsp3) is 0.235. The van der Waals surface area contributed by atoms with Gasteiger partial charge in [0, 0.05) is 12.6 Å². The number of nitrogens with zero attached hydrogens (tertiary/aromatic N) is 1. The first-order valence-electron chi connectivity index (χ1n) is 7.50. The highest BCUT2D eigenvalue weighted by atomic mass is 35.5. The van der Waals surface area contributed by atoms with Crippen molar-refractivity contribution in [2.24, 2.45) is 5.73 Å². The lowest BCUT2D eigenvalue weighted by atomic mass is 10.1. The van der Waals surface area contributed by atoms with Gasteiger partial charge in [-0.25, -0.2) is 4.98 Å². The van der Waals surface area contributed by atoms with E-state index in [4.69, 9.17) is 17.3 Å². The number of nitrogens with two attached hydrogens (primary N) is 1. The number of nitrogens with one attached hydrogen (secondary N) is 1. The number of benzene rings is 1. The summed E-state index contributed by atoms with van der Waals surface area (Å²) in [6.45, 7) is 0. The molecule has 2 aromatic rings. The van der Waals surface area contributed by atoms with Crippen molar-refractivity contribution in [3.8, 4) is 0 Å². The van der Waals surface area contributed by atoms with Crippen molar-refractivity contribution < 1.29 is 22.8 Å². The highest BCUT2D eigenvalue weighted by molar-refractivity contribution is 6.29. The smallest absolute Gasteiger partial charge is 0.368 e. The summed E-state index contributed by atoms with van der Waals surface area (Å²) in [6, 6.07) is 6.57. The number of hydrogen-bond donors (Lipinski definition) is 2. The monoisotopic (exact) mass is 385 g/mol. The molecular formula is C17H15ClF3N3O2. The van der Waals surface area contributed by atoms with Crippen LogP contribution >= 0.6 is 11.6 Å². The molecule has 1 atom stereocenters. The standard InChI is InChI=1S/C17H15ClF3N3O2/c18-14-5-4-11(9-23-14)7-13(16(22)26)24-15(25)8-10-2-1-3-12(6-10)17(19,20)21/h1-6,9,13H,7-8H2,(H2,22,26)(H,24,25)/t13-/m0/s1. The summed E-state index contributed by atoms with van der Waals surface area (Å²) < 4.78 is 38.1. The molecule has 0 spiro atoms. The zero-order valence-corrected chi connectivity index (χ0v) is 14.1. The normalized spacial score (nSPS) is 12.5. The molecule has 0 aliphatic heterocycles. The summed E-state index contributed by atoms with van der Waals surface area (Å²) >= 11 is 5.68. The average molecular weight is 386 g/mol. The molecule has 1 aromatic carbocycles. The van der Waals surface area contributed by atoms with Crippen LogP contribution in [0.1, 0.15) is 16.7 Å². The molecule has 2 amide bonds. The van der Waals surface area contributed by atoms with E-state index in [1.54, 1.807) is 6.07 Å². The number of hydrogen-bond acceptors (Lipinski definition) is 3. The Labute approximate surface area is 152 Å². The lowest BCUT2D eigenvalue weighted by Crippen LogP contribution is -2.46. The lowest BCUT2D eigenvalue weighted by Gasteiger charge is -2.16. The van der Waals surface area contributed by atoms with E-state index in [1.807, 2.05) is 0 Å². The second kappa shape index (κ2) is 8.18. The Balaban J connectivity index is 2.04. The fourth-order valence-corrected chi connectivity index (χ4v) is 2.39. The van der Waals surface area contributed by atoms with Crippen molar-refractivity contribution in [3.63, 3.8) is 0 Å². The maximum absolute atomic E-state index is 12.7. The van der Waals surface area contributed by atoms with Crippen LogP contribution in [0.25, 0.3) is 0 Å². The van der Waals surface area contributed by atoms with Crippen molar-refractivity contribution in [1.82, 2.24) is 10.3 Å². The molecule has 0 aliphatic rings. The van der Waals surface area contributed by atoms with Crippen molar-refractivity contribution >= 4 is 23.4 Å². The van der Waals surface area contributed by atoms with Gasteiger partial charge in [0.05, 0.1) is 12.0 Å². The second-order valence-corrected chi connectivity index (χ2v) is 5.98. The van der Waals surface area contributed by atoms with Crippen molar-refractivity contribution in [3.05, 3.63) is 64.4 Å². The van der Waals surface area contributed by atoms with Gasteiger partial charge in [0.25, 0.3) is 0 Å². The highest BCUT2D eigenvalue weighted by Gasteiger charge is 2.30. The SMILES string of the molecule is NC(=O)[C@H](Cc1ccc(Cl)nc1)NC(=O)Cc1cccc(C(F)(F)F)c1. The van der Waals surface area contributed by atoms with Crippen LogP contribution in [-0.4, -0.2) is 22.8 Å². The topological polar surface area (TPSA) is 85.1 Å². The molecule has 0 saturated carbocycles. The van der Waals surface area contributed by atoms with Crippen LogP contribution in [0.15, 0.2) is 42.6 Å². The summed E-state index contributed by atoms with van der Waals surface area (Å²) in [5.74, 6) is -1.38. The number of halogens is 4. The van der Waals surface area contributed by atoms with Crippen molar-refractivity contribution in [2.75, 3.05) is 0 Å². The number of amides is 2. The molecule has 0 aliphatic carbocycles. The van der Waals surface area contributed by atoms with Crippen LogP contribution in [0, 0.1) is 0 Å². The molecule has 138 valence electrons. The summed E-state index contributed by atoms with van der Waals surface area (Å²) in [5, 5.41) is 2.71. The van der Waals surface area contributed by atoms with Crippen LogP contribution in [0.2, 0.25) is 5.15 Å². The van der Waals surface area contributed by atoms with E-state index in [1.165, 1.54) is 24.4 Å². The van der Waals surface area contributed by atoms with E-state index in [0.717, 1.165) is 12.1 Å². The summed E-state index contributed by atoms with van der Waals surface area (Å²) in [5.41, 5.74) is 5.24. The fourth-order valence-electron chi connectivity index (χ4n) is 2.27. The van der Waals surface area contributed by atoms with Crippen molar-refractivity contribution in [2.45, 2.75) is 25.1 Å². The molecule has 9 heteroatoms. The maximum Gasteiger partial charge on any atom is 0.416 e. The number of carbonyl (C=O) groups is 2. The third kappa shape index (κ3) is 5.73. The first-order valence-corrected chi connectivity index (χ1v) is 7.88. The number of pyridine rings is 1. The van der Waals surface area contributed by atoms with Gasteiger partial charge < -0.3 is 11.1 Å². The molecule has 26 heavy (non-hydrogen) atoms. The minimum absolute atomic E-state index is 0.0911. The molecule has 1 heterocycles. The Morgan fingerprint density at radius 2 is 1.92 bits per heavy atom. The highest BCUT2D eigenvalue weighted by Crippen LogP contribution is 2.29. The largest absolute Gasteiger partial charge is 0.416 e. The second-order valence-electron chi connectivity index (χ2n) is 5.59. The van der Waals surface area contributed by atoms with Crippen LogP contribution in [-0.2, 0) is 28.6 Å². The minimum Gasteiger partial charge on any atom is -0.368 e. The maximum atomic E-state index is 12.7. The molecule has 0 radical (unpaired) electrons. The lowest BCUT2D eigenvalue weighted by molar-refractivity contribution is -0.137. The van der Waals surface area contributed by atoms with Gasteiger partial charge in [-0.05, 0) is 23.3 Å². The molecule has 0 fully saturated rings. The quantitative estimate of drug-likeness (QED) is 0.749. The summed E-state index contributed by atoms with van der Waals surface area (Å²) in [6.07, 6.45) is -3.28. The van der Waals surface area contributed by atoms with Gasteiger partial charge in [0.15, 0.2) is 0 Å². The molecule has 0 unspecified atom stereocenters. The predicted octanol–water partition coefficient (Wildman–Crippen LogP) is 2.51. The van der Waals surface area contributed by atoms with E-state index >= 15 is 0 Å². The first-order chi connectivity index (χ1) is 12.1. The third-order valence-electron chi connectivity index (χ3n) is 3.53. The summed E-state index contributed by atoms with van der Waals surface area (Å²) in [7, 11) is 0. The van der Waals surface area contributed by atoms with Gasteiger partial charge in [0.1, 0.15) is 11.2 Å². The zero-order valence-electron chi connectivity index (χ0n) is 13.4. The van der Waals surface area contributed by atoms with Gasteiger partial charge in [-0.1, -0.05) is 35.9 Å². The number of primary amides is 1. The van der Waals surface area contributed by atoms with Gasteiger partial charge in [-0.2, -0.15) is 13.2 Å². The van der Waals surface area contributed by atoms with Gasteiger partial charge in [-0.15, -0.1) is 0 Å². The van der Waals surface area contributed by atoms with Crippen LogP contribution in [0.5, 0.6) is 0 Å². The molecule has 0 saturated heterocycles. The van der Waals surface area contributed by atoms with Crippen LogP contribution in [0.4, 0.5) is 13.2 Å². The van der Waals surface area contributed by atoms with Crippen LogP contribution < -0.4 is 11.1 Å². The van der Waals surface area contributed by atoms with E-state index in [9.17, 15) is 22.8 Å². The average Bonchev–Trinajstić information content (AvgIpc) is 2.55. The van der Waals surface area contributed by atoms with E-state index in [2.05, 4.69) is 10.3 Å². The van der Waals surface area contributed by atoms with Gasteiger partial charge >= 0.3 is 6.18 Å². The number of rotatable bonds is 6. The van der Waals surface area contributed by atoms with E-state index < -0.39 is 29.6 Å². The molecule has 1 aromatic heterocycles. The molecular weight excluding hydrogens is 371 g/mol. The zero-order chi connectivity index (χ0) is 19.3. The van der Waals surface area contributed by atoms with E-state index in [0.29, 0.717) is 5.56 Å². The molecule has 5 nitrogen and oxygen atoms in total. The van der Waals surface area contributed by atoms with Crippen molar-refractivity contribution in [1.29, 1.82) is 0 Å². The Kier molecular flexibility index (Phi) is 6.20. The Hall–Kier alpha value is -2.61. The predicted molar refractivity (Wildman–Crippen MR) is 89.2 cm³/mol.